The third kappa shape index (κ3) is 2.44. The first-order valence-corrected chi connectivity index (χ1v) is 6.26. The van der Waals surface area contributed by atoms with Crippen molar-refractivity contribution in [1.29, 1.82) is 0 Å². The lowest BCUT2D eigenvalue weighted by atomic mass is 10.2. The van der Waals surface area contributed by atoms with E-state index < -0.39 is 10.2 Å². The summed E-state index contributed by atoms with van der Waals surface area (Å²) in [6.07, 6.45) is 0.868. The minimum atomic E-state index is -3.25. The average Bonchev–Trinajstić information content (AvgIpc) is 2.29. The molecule has 1 atom stereocenters. The number of nitrogens with zero attached hydrogens (tertiary/aromatic N) is 2. The maximum absolute atomic E-state index is 11.9. The molecule has 1 aliphatic heterocycles. The van der Waals surface area contributed by atoms with Gasteiger partial charge in [0.2, 0.25) is 0 Å². The fourth-order valence-corrected chi connectivity index (χ4v) is 2.84. The molecule has 0 amide bonds. The number of rotatable bonds is 2. The van der Waals surface area contributed by atoms with Crippen LogP contribution in [0.25, 0.3) is 0 Å². The normalized spacial score (nSPS) is 26.4. The summed E-state index contributed by atoms with van der Waals surface area (Å²) in [6.45, 7) is 4.13. The largest absolute Gasteiger partial charge is 0.315 e. The van der Waals surface area contributed by atoms with E-state index in [-0.39, 0.29) is 6.04 Å². The van der Waals surface area contributed by atoms with Gasteiger partial charge < -0.3 is 5.32 Å². The van der Waals surface area contributed by atoms with Gasteiger partial charge in [-0.1, -0.05) is 0 Å². The molecule has 5 nitrogen and oxygen atoms in total. The van der Waals surface area contributed by atoms with Gasteiger partial charge in [-0.05, 0) is 19.9 Å². The molecule has 1 N–H and O–H groups in total. The van der Waals surface area contributed by atoms with E-state index in [1.807, 2.05) is 6.92 Å². The van der Waals surface area contributed by atoms with Gasteiger partial charge in [0.25, 0.3) is 10.2 Å². The molecule has 1 saturated heterocycles. The highest BCUT2D eigenvalue weighted by Gasteiger charge is 2.29. The maximum atomic E-state index is 11.9. The molecule has 1 unspecified atom stereocenters. The molecular formula is C8H19N3O2S. The molecule has 1 rings (SSSR count). The second-order valence-corrected chi connectivity index (χ2v) is 5.88. The Balaban J connectivity index is 2.83. The number of nitrogens with one attached hydrogen (secondary N) is 1. The summed E-state index contributed by atoms with van der Waals surface area (Å²) in [7, 11) is -0.106. The van der Waals surface area contributed by atoms with Crippen molar-refractivity contribution >= 4 is 10.2 Å². The zero-order chi connectivity index (χ0) is 10.8. The van der Waals surface area contributed by atoms with Gasteiger partial charge in [0.1, 0.15) is 0 Å². The van der Waals surface area contributed by atoms with Crippen LogP contribution in [0.2, 0.25) is 0 Å². The molecule has 0 bridgehead atoms. The Morgan fingerprint density at radius 3 is 2.57 bits per heavy atom. The first-order valence-electron chi connectivity index (χ1n) is 4.86. The fraction of sp³-hybridized carbons (Fsp3) is 1.00. The molecule has 0 spiro atoms. The molecule has 84 valence electrons. The van der Waals surface area contributed by atoms with Crippen LogP contribution in [-0.4, -0.2) is 56.8 Å². The molecule has 0 aromatic carbocycles. The van der Waals surface area contributed by atoms with Gasteiger partial charge in [-0.15, -0.1) is 0 Å². The van der Waals surface area contributed by atoms with Gasteiger partial charge in [0.05, 0.1) is 0 Å². The van der Waals surface area contributed by atoms with Crippen LogP contribution >= 0.6 is 0 Å². The maximum Gasteiger partial charge on any atom is 0.281 e. The summed E-state index contributed by atoms with van der Waals surface area (Å²) in [5.74, 6) is 0. The first-order chi connectivity index (χ1) is 6.46. The monoisotopic (exact) mass is 221 g/mol. The highest BCUT2D eigenvalue weighted by molar-refractivity contribution is 7.86. The van der Waals surface area contributed by atoms with E-state index in [0.29, 0.717) is 6.54 Å². The van der Waals surface area contributed by atoms with E-state index in [9.17, 15) is 8.42 Å². The van der Waals surface area contributed by atoms with Crippen LogP contribution in [0.15, 0.2) is 0 Å². The first kappa shape index (κ1) is 11.9. The SMILES string of the molecule is CC1CCNCCN1S(=O)(=O)N(C)C. The number of hydrogen-bond acceptors (Lipinski definition) is 3. The van der Waals surface area contributed by atoms with Crippen molar-refractivity contribution in [3.63, 3.8) is 0 Å². The molecule has 0 aliphatic carbocycles. The van der Waals surface area contributed by atoms with Crippen LogP contribution in [-0.2, 0) is 10.2 Å². The number of hydrogen-bond donors (Lipinski definition) is 1. The van der Waals surface area contributed by atoms with Crippen molar-refractivity contribution in [2.45, 2.75) is 19.4 Å². The summed E-state index contributed by atoms with van der Waals surface area (Å²) in [4.78, 5) is 0. The summed E-state index contributed by atoms with van der Waals surface area (Å²) >= 11 is 0. The van der Waals surface area contributed by atoms with Gasteiger partial charge in [-0.25, -0.2) is 0 Å². The molecular weight excluding hydrogens is 202 g/mol. The lowest BCUT2D eigenvalue weighted by Crippen LogP contribution is -2.45. The quantitative estimate of drug-likeness (QED) is 0.682. The van der Waals surface area contributed by atoms with Crippen molar-refractivity contribution in [3.05, 3.63) is 0 Å². The minimum absolute atomic E-state index is 0.0809. The van der Waals surface area contributed by atoms with Gasteiger partial charge in [-0.2, -0.15) is 17.0 Å². The standard InChI is InChI=1S/C8H19N3O2S/c1-8-4-5-9-6-7-11(8)14(12,13)10(2)3/h8-9H,4-7H2,1-3H3. The van der Waals surface area contributed by atoms with Crippen molar-refractivity contribution in [1.82, 2.24) is 13.9 Å². The Morgan fingerprint density at radius 2 is 2.00 bits per heavy atom. The second-order valence-electron chi connectivity index (χ2n) is 3.79. The minimum Gasteiger partial charge on any atom is -0.315 e. The summed E-state index contributed by atoms with van der Waals surface area (Å²) in [5, 5.41) is 3.19. The van der Waals surface area contributed by atoms with E-state index in [4.69, 9.17) is 0 Å². The highest BCUT2D eigenvalue weighted by Crippen LogP contribution is 2.13. The van der Waals surface area contributed by atoms with E-state index >= 15 is 0 Å². The van der Waals surface area contributed by atoms with E-state index in [1.54, 1.807) is 18.4 Å². The van der Waals surface area contributed by atoms with Crippen LogP contribution in [0.3, 0.4) is 0 Å². The molecule has 0 aromatic rings. The predicted octanol–water partition coefficient (Wildman–Crippen LogP) is -0.523. The smallest absolute Gasteiger partial charge is 0.281 e. The van der Waals surface area contributed by atoms with Crippen LogP contribution in [0, 0.1) is 0 Å². The molecule has 6 heteroatoms. The fourth-order valence-electron chi connectivity index (χ4n) is 1.54. The summed E-state index contributed by atoms with van der Waals surface area (Å²) < 4.78 is 26.6. The molecule has 1 aliphatic rings. The Morgan fingerprint density at radius 1 is 1.36 bits per heavy atom. The van der Waals surface area contributed by atoms with E-state index in [2.05, 4.69) is 5.32 Å². The molecule has 0 aromatic heterocycles. The van der Waals surface area contributed by atoms with Crippen molar-refractivity contribution in [2.24, 2.45) is 0 Å². The molecule has 1 fully saturated rings. The van der Waals surface area contributed by atoms with Gasteiger partial charge in [0, 0.05) is 33.2 Å². The molecule has 14 heavy (non-hydrogen) atoms. The molecule has 0 saturated carbocycles. The van der Waals surface area contributed by atoms with Crippen LogP contribution in [0.1, 0.15) is 13.3 Å². The second kappa shape index (κ2) is 4.57. The van der Waals surface area contributed by atoms with Gasteiger partial charge >= 0.3 is 0 Å². The van der Waals surface area contributed by atoms with Crippen molar-refractivity contribution in [2.75, 3.05) is 33.7 Å². The van der Waals surface area contributed by atoms with Crippen LogP contribution in [0.5, 0.6) is 0 Å². The zero-order valence-corrected chi connectivity index (χ0v) is 9.84. The predicted molar refractivity (Wildman–Crippen MR) is 56.3 cm³/mol. The topological polar surface area (TPSA) is 52.7 Å². The van der Waals surface area contributed by atoms with Crippen molar-refractivity contribution < 1.29 is 8.42 Å². The van der Waals surface area contributed by atoms with E-state index in [0.717, 1.165) is 19.5 Å². The summed E-state index contributed by atoms with van der Waals surface area (Å²) in [6, 6.07) is 0.0809. The average molecular weight is 221 g/mol. The molecule has 1 heterocycles. The van der Waals surface area contributed by atoms with E-state index in [1.165, 1.54) is 4.31 Å². The lowest BCUT2D eigenvalue weighted by Gasteiger charge is -2.28. The summed E-state index contributed by atoms with van der Waals surface area (Å²) in [5.41, 5.74) is 0. The zero-order valence-electron chi connectivity index (χ0n) is 9.02. The Kier molecular flexibility index (Phi) is 3.88. The van der Waals surface area contributed by atoms with Gasteiger partial charge in [0.15, 0.2) is 0 Å². The molecule has 0 radical (unpaired) electrons. The van der Waals surface area contributed by atoms with Crippen LogP contribution in [0.4, 0.5) is 0 Å². The van der Waals surface area contributed by atoms with Crippen molar-refractivity contribution in [3.8, 4) is 0 Å². The highest BCUT2D eigenvalue weighted by atomic mass is 32.2. The Hall–Kier alpha value is -0.170. The van der Waals surface area contributed by atoms with Gasteiger partial charge in [-0.3, -0.25) is 0 Å². The lowest BCUT2D eigenvalue weighted by molar-refractivity contribution is 0.325. The van der Waals surface area contributed by atoms with Crippen LogP contribution < -0.4 is 5.32 Å². The third-order valence-electron chi connectivity index (χ3n) is 2.50. The Bertz CT molecular complexity index is 276. The Labute approximate surface area is 86.3 Å². The third-order valence-corrected chi connectivity index (χ3v) is 4.56.